The van der Waals surface area contributed by atoms with E-state index in [1.807, 2.05) is 12.1 Å². The molecular weight excluding hydrogens is 224 g/mol. The Labute approximate surface area is 104 Å². The Balaban J connectivity index is 2.09. The molecule has 4 heteroatoms. The Bertz CT molecular complexity index is 751. The largest absolute Gasteiger partial charge is 0.355 e. The fraction of sp³-hybridized carbons (Fsp3) is 0.143. The first-order valence-electron chi connectivity index (χ1n) is 5.89. The zero-order valence-corrected chi connectivity index (χ0v) is 9.80. The molecule has 0 aliphatic carbocycles. The van der Waals surface area contributed by atoms with Gasteiger partial charge in [0.15, 0.2) is 0 Å². The van der Waals surface area contributed by atoms with Gasteiger partial charge in [-0.3, -0.25) is 0 Å². The van der Waals surface area contributed by atoms with Gasteiger partial charge in [0, 0.05) is 33.3 Å². The molecule has 88 valence electrons. The van der Waals surface area contributed by atoms with E-state index in [9.17, 15) is 0 Å². The van der Waals surface area contributed by atoms with Crippen molar-refractivity contribution in [3.05, 3.63) is 58.5 Å². The van der Waals surface area contributed by atoms with Gasteiger partial charge in [0.2, 0.25) is 0 Å². The third-order valence-corrected chi connectivity index (χ3v) is 3.13. The summed E-state index contributed by atoms with van der Waals surface area (Å²) >= 11 is 0. The monoisotopic (exact) mass is 236 g/mol. The van der Waals surface area contributed by atoms with Crippen LogP contribution in [0.4, 0.5) is 0 Å². The number of rotatable bonds is 3. The first kappa shape index (κ1) is 10.7. The second-order valence-electron chi connectivity index (χ2n) is 4.25. The van der Waals surface area contributed by atoms with Crippen LogP contribution in [-0.4, -0.2) is 11.5 Å². The molecule has 4 nitrogen and oxygen atoms in total. The Morgan fingerprint density at radius 1 is 1.06 bits per heavy atom. The molecule has 3 rings (SSSR count). The minimum atomic E-state index is 0.504. The molecule has 1 aromatic heterocycles. The summed E-state index contributed by atoms with van der Waals surface area (Å²) in [5.41, 5.74) is 11.8. The van der Waals surface area contributed by atoms with E-state index in [1.54, 1.807) is 0 Å². The number of nitrogens with zero attached hydrogens (tertiary/aromatic N) is 3. The number of para-hydroxylation sites is 1. The van der Waals surface area contributed by atoms with Crippen molar-refractivity contribution in [2.75, 3.05) is 6.54 Å². The molecule has 0 saturated carbocycles. The van der Waals surface area contributed by atoms with Gasteiger partial charge in [-0.25, -0.2) is 0 Å². The topological polar surface area (TPSA) is 64.6 Å². The molecule has 0 aliphatic rings. The van der Waals surface area contributed by atoms with E-state index in [2.05, 4.69) is 45.3 Å². The first-order valence-corrected chi connectivity index (χ1v) is 5.89. The molecule has 1 N–H and O–H groups in total. The second kappa shape index (κ2) is 4.43. The van der Waals surface area contributed by atoms with Gasteiger partial charge in [-0.15, -0.1) is 0 Å². The van der Waals surface area contributed by atoms with Gasteiger partial charge in [-0.2, -0.15) is 0 Å². The van der Waals surface area contributed by atoms with Crippen molar-refractivity contribution in [2.45, 2.75) is 6.42 Å². The molecule has 0 unspecified atom stereocenters. The summed E-state index contributed by atoms with van der Waals surface area (Å²) < 4.78 is 0. The van der Waals surface area contributed by atoms with Crippen LogP contribution in [0.25, 0.3) is 32.2 Å². The zero-order chi connectivity index (χ0) is 12.4. The number of aromatic nitrogens is 1. The van der Waals surface area contributed by atoms with Gasteiger partial charge in [-0.1, -0.05) is 29.4 Å². The number of hydrogen-bond acceptors (Lipinski definition) is 1. The maximum Gasteiger partial charge on any atom is 0.0465 e. The van der Waals surface area contributed by atoms with Crippen LogP contribution in [0.3, 0.4) is 0 Å². The maximum atomic E-state index is 8.28. The maximum absolute atomic E-state index is 8.28. The zero-order valence-electron chi connectivity index (χ0n) is 9.80. The molecule has 0 fully saturated rings. The van der Waals surface area contributed by atoms with E-state index in [0.29, 0.717) is 6.54 Å². The highest BCUT2D eigenvalue weighted by atomic mass is 15.1. The lowest BCUT2D eigenvalue weighted by atomic mass is 10.1. The van der Waals surface area contributed by atoms with Crippen molar-refractivity contribution >= 4 is 21.8 Å². The molecule has 1 heterocycles. The molecule has 2 aromatic carbocycles. The fourth-order valence-electron chi connectivity index (χ4n) is 2.27. The van der Waals surface area contributed by atoms with Gasteiger partial charge >= 0.3 is 0 Å². The highest BCUT2D eigenvalue weighted by Gasteiger charge is 2.03. The van der Waals surface area contributed by atoms with Crippen LogP contribution >= 0.6 is 0 Å². The second-order valence-corrected chi connectivity index (χ2v) is 4.25. The van der Waals surface area contributed by atoms with Crippen molar-refractivity contribution in [2.24, 2.45) is 5.11 Å². The Kier molecular flexibility index (Phi) is 2.63. The lowest BCUT2D eigenvalue weighted by Gasteiger charge is -1.98. The van der Waals surface area contributed by atoms with Crippen molar-refractivity contribution < 1.29 is 0 Å². The minimum absolute atomic E-state index is 0.504. The average molecular weight is 236 g/mol. The predicted octanol–water partition coefficient (Wildman–Crippen LogP) is 4.17. The van der Waals surface area contributed by atoms with Crippen LogP contribution in [-0.2, 0) is 6.42 Å². The van der Waals surface area contributed by atoms with Gasteiger partial charge < -0.3 is 4.98 Å². The van der Waals surface area contributed by atoms with Crippen LogP contribution < -0.4 is 0 Å². The van der Waals surface area contributed by atoms with Crippen LogP contribution in [0.5, 0.6) is 0 Å². The van der Waals surface area contributed by atoms with Crippen molar-refractivity contribution in [1.29, 1.82) is 0 Å². The van der Waals surface area contributed by atoms with Crippen LogP contribution in [0, 0.1) is 0 Å². The van der Waals surface area contributed by atoms with Crippen molar-refractivity contribution in [3.8, 4) is 0 Å². The summed E-state index contributed by atoms with van der Waals surface area (Å²) in [6.07, 6.45) is 0.777. The van der Waals surface area contributed by atoms with Gasteiger partial charge in [0.05, 0.1) is 0 Å². The molecule has 0 saturated heterocycles. The SMILES string of the molecule is [N-]=[N+]=NCCc1ccc2[nH]c3ccccc3c2c1. The number of hydrogen-bond donors (Lipinski definition) is 1. The van der Waals surface area contributed by atoms with Gasteiger partial charge in [0.25, 0.3) is 0 Å². The van der Waals surface area contributed by atoms with Crippen LogP contribution in [0.2, 0.25) is 0 Å². The standard InChI is InChI=1S/C14H12N4/c15-18-16-8-7-10-5-6-14-12(9-10)11-3-1-2-4-13(11)17-14/h1-6,9,17H,7-8H2. The van der Waals surface area contributed by atoms with Gasteiger partial charge in [-0.05, 0) is 35.7 Å². The summed E-state index contributed by atoms with van der Waals surface area (Å²) in [4.78, 5) is 6.16. The molecule has 18 heavy (non-hydrogen) atoms. The van der Waals surface area contributed by atoms with E-state index in [4.69, 9.17) is 5.53 Å². The number of H-pyrrole nitrogens is 1. The molecule has 0 radical (unpaired) electrons. The van der Waals surface area contributed by atoms with Crippen LogP contribution in [0.15, 0.2) is 47.6 Å². The van der Waals surface area contributed by atoms with E-state index < -0.39 is 0 Å². The minimum Gasteiger partial charge on any atom is -0.355 e. The number of nitrogens with one attached hydrogen (secondary N) is 1. The summed E-state index contributed by atoms with van der Waals surface area (Å²) in [7, 11) is 0. The predicted molar refractivity (Wildman–Crippen MR) is 73.5 cm³/mol. The third kappa shape index (κ3) is 1.79. The van der Waals surface area contributed by atoms with E-state index in [-0.39, 0.29) is 0 Å². The van der Waals surface area contributed by atoms with Gasteiger partial charge in [0.1, 0.15) is 0 Å². The molecule has 3 aromatic rings. The smallest absolute Gasteiger partial charge is 0.0465 e. The quantitative estimate of drug-likeness (QED) is 0.403. The molecule has 0 amide bonds. The van der Waals surface area contributed by atoms with E-state index >= 15 is 0 Å². The van der Waals surface area contributed by atoms with E-state index in [1.165, 1.54) is 16.3 Å². The van der Waals surface area contributed by atoms with Crippen LogP contribution in [0.1, 0.15) is 5.56 Å². The average Bonchev–Trinajstić information content (AvgIpc) is 2.77. The Morgan fingerprint density at radius 3 is 2.78 bits per heavy atom. The summed E-state index contributed by atoms with van der Waals surface area (Å²) in [5, 5.41) is 6.03. The first-order chi connectivity index (χ1) is 8.88. The highest BCUT2D eigenvalue weighted by Crippen LogP contribution is 2.26. The molecule has 0 bridgehead atoms. The normalized spacial score (nSPS) is 10.7. The molecule has 0 spiro atoms. The van der Waals surface area contributed by atoms with Crippen molar-refractivity contribution in [1.82, 2.24) is 4.98 Å². The summed E-state index contributed by atoms with van der Waals surface area (Å²) in [5.74, 6) is 0. The fourth-order valence-corrected chi connectivity index (χ4v) is 2.27. The highest BCUT2D eigenvalue weighted by molar-refractivity contribution is 6.07. The molecular formula is C14H12N4. The Morgan fingerprint density at radius 2 is 1.89 bits per heavy atom. The molecule has 0 atom stereocenters. The summed E-state index contributed by atoms with van der Waals surface area (Å²) in [6, 6.07) is 14.6. The lowest BCUT2D eigenvalue weighted by molar-refractivity contribution is 0.958. The third-order valence-electron chi connectivity index (χ3n) is 3.13. The van der Waals surface area contributed by atoms with Crippen molar-refractivity contribution in [3.63, 3.8) is 0 Å². The van der Waals surface area contributed by atoms with E-state index in [0.717, 1.165) is 17.5 Å². The summed E-state index contributed by atoms with van der Waals surface area (Å²) in [6.45, 7) is 0.504. The number of benzene rings is 2. The molecule has 0 aliphatic heterocycles. The number of aromatic amines is 1. The number of azide groups is 1. The lowest BCUT2D eigenvalue weighted by Crippen LogP contribution is -1.87. The Hall–Kier alpha value is -2.45. The number of fused-ring (bicyclic) bond motifs is 3.